The molecule has 0 rings (SSSR count). The molecule has 0 spiro atoms. The summed E-state index contributed by atoms with van der Waals surface area (Å²) in [4.78, 5) is 21.4. The summed E-state index contributed by atoms with van der Waals surface area (Å²) >= 11 is 0. The first kappa shape index (κ1) is 14.7. The van der Waals surface area contributed by atoms with Crippen molar-refractivity contribution in [3.05, 3.63) is 0 Å². The van der Waals surface area contributed by atoms with Gasteiger partial charge in [-0.1, -0.05) is 20.8 Å². The standard InChI is InChI=1S/C10H20N2O4/c1-6(2)7(3)4-11-10(16)12-5-8(13)9(14)15/h6-8,13H,4-5H2,1-3H3,(H,14,15)(H2,11,12,16)/t7?,8-/m0/s1. The Morgan fingerprint density at radius 2 is 1.62 bits per heavy atom. The lowest BCUT2D eigenvalue weighted by molar-refractivity contribution is -0.146. The molecule has 0 aliphatic carbocycles. The highest BCUT2D eigenvalue weighted by Gasteiger charge is 2.14. The number of aliphatic hydroxyl groups is 1. The second kappa shape index (κ2) is 7.05. The van der Waals surface area contributed by atoms with E-state index in [0.717, 1.165) is 0 Å². The lowest BCUT2D eigenvalue weighted by Gasteiger charge is -2.16. The topological polar surface area (TPSA) is 98.7 Å². The van der Waals surface area contributed by atoms with Crippen molar-refractivity contribution in [3.8, 4) is 0 Å². The number of nitrogens with one attached hydrogen (secondary N) is 2. The van der Waals surface area contributed by atoms with Crippen molar-refractivity contribution < 1.29 is 19.8 Å². The van der Waals surface area contributed by atoms with Gasteiger partial charge in [0.1, 0.15) is 0 Å². The molecule has 0 saturated carbocycles. The largest absolute Gasteiger partial charge is 0.479 e. The summed E-state index contributed by atoms with van der Waals surface area (Å²) in [6.45, 7) is 6.35. The fraction of sp³-hybridized carbons (Fsp3) is 0.800. The predicted octanol–water partition coefficient (Wildman–Crippen LogP) is 0.0232. The van der Waals surface area contributed by atoms with E-state index in [1.807, 2.05) is 6.92 Å². The van der Waals surface area contributed by atoms with Gasteiger partial charge in [-0.2, -0.15) is 0 Å². The Labute approximate surface area is 95.0 Å². The van der Waals surface area contributed by atoms with Crippen LogP contribution in [0.5, 0.6) is 0 Å². The van der Waals surface area contributed by atoms with Crippen LogP contribution in [0.2, 0.25) is 0 Å². The molecule has 0 aromatic carbocycles. The molecule has 2 atom stereocenters. The lowest BCUT2D eigenvalue weighted by Crippen LogP contribution is -2.43. The third-order valence-electron chi connectivity index (χ3n) is 2.46. The average molecular weight is 232 g/mol. The van der Waals surface area contributed by atoms with Crippen LogP contribution in [0.4, 0.5) is 4.79 Å². The van der Waals surface area contributed by atoms with Gasteiger partial charge in [0.05, 0.1) is 6.54 Å². The molecule has 0 fully saturated rings. The smallest absolute Gasteiger partial charge is 0.334 e. The van der Waals surface area contributed by atoms with Gasteiger partial charge >= 0.3 is 12.0 Å². The second-order valence-corrected chi connectivity index (χ2v) is 4.17. The van der Waals surface area contributed by atoms with E-state index >= 15 is 0 Å². The molecule has 6 nitrogen and oxygen atoms in total. The lowest BCUT2D eigenvalue weighted by atomic mass is 9.98. The van der Waals surface area contributed by atoms with Gasteiger partial charge in [-0.05, 0) is 11.8 Å². The highest BCUT2D eigenvalue weighted by Crippen LogP contribution is 2.07. The van der Waals surface area contributed by atoms with E-state index in [4.69, 9.17) is 10.2 Å². The van der Waals surface area contributed by atoms with Gasteiger partial charge in [-0.15, -0.1) is 0 Å². The van der Waals surface area contributed by atoms with Gasteiger partial charge in [0.15, 0.2) is 6.10 Å². The monoisotopic (exact) mass is 232 g/mol. The molecular weight excluding hydrogens is 212 g/mol. The molecule has 0 radical (unpaired) electrons. The summed E-state index contributed by atoms with van der Waals surface area (Å²) < 4.78 is 0. The zero-order chi connectivity index (χ0) is 12.7. The highest BCUT2D eigenvalue weighted by molar-refractivity contribution is 5.76. The fourth-order valence-corrected chi connectivity index (χ4v) is 0.829. The summed E-state index contributed by atoms with van der Waals surface area (Å²) in [6, 6.07) is -0.465. The van der Waals surface area contributed by atoms with Crippen LogP contribution < -0.4 is 10.6 Å². The molecule has 0 aliphatic heterocycles. The van der Waals surface area contributed by atoms with Crippen LogP contribution in [0.1, 0.15) is 20.8 Å². The van der Waals surface area contributed by atoms with Crippen LogP contribution in [-0.4, -0.2) is 41.4 Å². The minimum atomic E-state index is -1.56. The summed E-state index contributed by atoms with van der Waals surface area (Å²) in [7, 11) is 0. The Hall–Kier alpha value is -1.30. The van der Waals surface area contributed by atoms with E-state index < -0.39 is 18.1 Å². The van der Waals surface area contributed by atoms with Gasteiger partial charge in [0.2, 0.25) is 0 Å². The van der Waals surface area contributed by atoms with Gasteiger partial charge < -0.3 is 20.8 Å². The summed E-state index contributed by atoms with van der Waals surface area (Å²) in [5.41, 5.74) is 0. The van der Waals surface area contributed by atoms with E-state index in [0.29, 0.717) is 18.4 Å². The number of urea groups is 1. The summed E-state index contributed by atoms with van der Waals surface area (Å²) in [6.07, 6.45) is -1.56. The molecule has 0 saturated heterocycles. The number of carbonyl (C=O) groups excluding carboxylic acids is 1. The second-order valence-electron chi connectivity index (χ2n) is 4.17. The van der Waals surface area contributed by atoms with Gasteiger partial charge in [0, 0.05) is 6.54 Å². The number of rotatable bonds is 6. The molecule has 0 aliphatic rings. The van der Waals surface area contributed by atoms with Crippen molar-refractivity contribution >= 4 is 12.0 Å². The Bertz CT molecular complexity index is 243. The number of aliphatic carboxylic acids is 1. The molecule has 1 unspecified atom stereocenters. The number of hydrogen-bond acceptors (Lipinski definition) is 3. The molecule has 0 heterocycles. The van der Waals surface area contributed by atoms with Crippen LogP contribution in [0.3, 0.4) is 0 Å². The van der Waals surface area contributed by atoms with Crippen molar-refractivity contribution in [2.75, 3.05) is 13.1 Å². The SMILES string of the molecule is CC(C)C(C)CNC(=O)NC[C@H](O)C(=O)O. The maximum absolute atomic E-state index is 11.2. The first-order valence-electron chi connectivity index (χ1n) is 5.27. The van der Waals surface area contributed by atoms with Crippen LogP contribution >= 0.6 is 0 Å². The van der Waals surface area contributed by atoms with Crippen molar-refractivity contribution in [3.63, 3.8) is 0 Å². The van der Waals surface area contributed by atoms with Crippen molar-refractivity contribution in [2.24, 2.45) is 11.8 Å². The number of amides is 2. The highest BCUT2D eigenvalue weighted by atomic mass is 16.4. The van der Waals surface area contributed by atoms with E-state index in [2.05, 4.69) is 24.5 Å². The van der Waals surface area contributed by atoms with Gasteiger partial charge in [-0.3, -0.25) is 0 Å². The Kier molecular flexibility index (Phi) is 6.48. The molecule has 94 valence electrons. The third-order valence-corrected chi connectivity index (χ3v) is 2.46. The number of carbonyl (C=O) groups is 2. The van der Waals surface area contributed by atoms with Crippen LogP contribution in [-0.2, 0) is 4.79 Å². The van der Waals surface area contributed by atoms with Crippen molar-refractivity contribution in [1.29, 1.82) is 0 Å². The van der Waals surface area contributed by atoms with Crippen molar-refractivity contribution in [1.82, 2.24) is 10.6 Å². The van der Waals surface area contributed by atoms with E-state index in [1.54, 1.807) is 0 Å². The quantitative estimate of drug-likeness (QED) is 0.519. The molecule has 2 amide bonds. The Balaban J connectivity index is 3.71. The first-order chi connectivity index (χ1) is 7.34. The molecule has 6 heteroatoms. The normalized spacial score (nSPS) is 14.3. The molecular formula is C10H20N2O4. The fourth-order valence-electron chi connectivity index (χ4n) is 0.829. The van der Waals surface area contributed by atoms with Crippen LogP contribution in [0, 0.1) is 11.8 Å². The summed E-state index contributed by atoms with van der Waals surface area (Å²) in [5, 5.41) is 22.1. The zero-order valence-electron chi connectivity index (χ0n) is 9.86. The number of carboxylic acids is 1. The zero-order valence-corrected chi connectivity index (χ0v) is 9.86. The first-order valence-corrected chi connectivity index (χ1v) is 5.27. The Morgan fingerprint density at radius 1 is 1.12 bits per heavy atom. The molecule has 0 bridgehead atoms. The predicted molar refractivity (Wildman–Crippen MR) is 59.0 cm³/mol. The number of carboxylic acid groups (broad SMARTS) is 1. The maximum Gasteiger partial charge on any atom is 0.334 e. The van der Waals surface area contributed by atoms with Crippen LogP contribution in [0.15, 0.2) is 0 Å². The van der Waals surface area contributed by atoms with E-state index in [1.165, 1.54) is 0 Å². The average Bonchev–Trinajstić information content (AvgIpc) is 2.21. The number of hydrogen-bond donors (Lipinski definition) is 4. The van der Waals surface area contributed by atoms with Crippen LogP contribution in [0.25, 0.3) is 0 Å². The molecule has 16 heavy (non-hydrogen) atoms. The van der Waals surface area contributed by atoms with Gasteiger partial charge in [0.25, 0.3) is 0 Å². The molecule has 4 N–H and O–H groups in total. The maximum atomic E-state index is 11.2. The number of aliphatic hydroxyl groups excluding tert-OH is 1. The molecule has 0 aromatic heterocycles. The minimum Gasteiger partial charge on any atom is -0.479 e. The van der Waals surface area contributed by atoms with E-state index in [9.17, 15) is 9.59 Å². The Morgan fingerprint density at radius 3 is 2.06 bits per heavy atom. The molecule has 0 aromatic rings. The van der Waals surface area contributed by atoms with Crippen molar-refractivity contribution in [2.45, 2.75) is 26.9 Å². The van der Waals surface area contributed by atoms with E-state index in [-0.39, 0.29) is 6.54 Å². The minimum absolute atomic E-state index is 0.294. The van der Waals surface area contributed by atoms with Gasteiger partial charge in [-0.25, -0.2) is 9.59 Å². The third kappa shape index (κ3) is 6.23. The summed E-state index contributed by atoms with van der Waals surface area (Å²) in [5.74, 6) is -0.545.